The van der Waals surface area contributed by atoms with Gasteiger partial charge in [-0.2, -0.15) is 0 Å². The van der Waals surface area contributed by atoms with E-state index in [9.17, 15) is 9.90 Å². The van der Waals surface area contributed by atoms with Gasteiger partial charge < -0.3 is 10.4 Å². The maximum absolute atomic E-state index is 11.2. The van der Waals surface area contributed by atoms with Gasteiger partial charge in [0.05, 0.1) is 0 Å². The van der Waals surface area contributed by atoms with E-state index in [1.165, 1.54) is 0 Å². The number of nitrogens with one attached hydrogen (secondary N) is 1. The first-order valence-corrected chi connectivity index (χ1v) is 5.04. The Balaban J connectivity index is 2.17. The number of carboxylic acid groups (broad SMARTS) is 1. The van der Waals surface area contributed by atoms with Crippen molar-refractivity contribution in [2.75, 3.05) is 5.32 Å². The second kappa shape index (κ2) is 3.53. The smallest absolute Gasteiger partial charge is 0.329 e. The summed E-state index contributed by atoms with van der Waals surface area (Å²) >= 11 is 0. The molecule has 1 unspecified atom stereocenters. The van der Waals surface area contributed by atoms with Crippen LogP contribution in [0.1, 0.15) is 19.8 Å². The topological polar surface area (TPSA) is 62.2 Å². The molecule has 0 amide bonds. The summed E-state index contributed by atoms with van der Waals surface area (Å²) in [5.41, 5.74) is -0.0387. The minimum Gasteiger partial charge on any atom is -0.480 e. The molecular formula is C11H14N2O2. The van der Waals surface area contributed by atoms with Crippen molar-refractivity contribution in [3.8, 4) is 0 Å². The molecule has 4 nitrogen and oxygen atoms in total. The summed E-state index contributed by atoms with van der Waals surface area (Å²) in [5, 5.41) is 12.3. The normalized spacial score (nSPS) is 19.3. The third kappa shape index (κ3) is 1.93. The Morgan fingerprint density at radius 3 is 2.60 bits per heavy atom. The maximum atomic E-state index is 11.2. The zero-order chi connectivity index (χ0) is 10.9. The number of aromatic nitrogens is 1. The molecule has 2 rings (SSSR count). The Labute approximate surface area is 88.3 Å². The van der Waals surface area contributed by atoms with Gasteiger partial charge in [0.1, 0.15) is 5.54 Å². The van der Waals surface area contributed by atoms with Gasteiger partial charge in [-0.05, 0) is 37.8 Å². The molecule has 0 radical (unpaired) electrons. The van der Waals surface area contributed by atoms with Crippen LogP contribution in [0.3, 0.4) is 0 Å². The summed E-state index contributed by atoms with van der Waals surface area (Å²) in [6.45, 7) is 1.74. The van der Waals surface area contributed by atoms with Crippen LogP contribution in [0, 0.1) is 5.92 Å². The highest BCUT2D eigenvalue weighted by Gasteiger charge is 2.47. The summed E-state index contributed by atoms with van der Waals surface area (Å²) in [6, 6.07) is 3.56. The van der Waals surface area contributed by atoms with Gasteiger partial charge in [0.15, 0.2) is 0 Å². The van der Waals surface area contributed by atoms with Crippen LogP contribution < -0.4 is 5.32 Å². The first-order chi connectivity index (χ1) is 7.13. The van der Waals surface area contributed by atoms with Gasteiger partial charge in [0.2, 0.25) is 0 Å². The van der Waals surface area contributed by atoms with Crippen LogP contribution in [0.5, 0.6) is 0 Å². The average Bonchev–Trinajstić information content (AvgIpc) is 3.02. The maximum Gasteiger partial charge on any atom is 0.329 e. The molecule has 15 heavy (non-hydrogen) atoms. The third-order valence-electron chi connectivity index (χ3n) is 2.92. The van der Waals surface area contributed by atoms with Gasteiger partial charge in [-0.15, -0.1) is 0 Å². The van der Waals surface area contributed by atoms with E-state index in [2.05, 4.69) is 10.3 Å². The SMILES string of the molecule is CC(Nc1ccncc1)(C(=O)O)C1CC1. The molecule has 1 fully saturated rings. The van der Waals surface area contributed by atoms with Gasteiger partial charge in [0, 0.05) is 18.1 Å². The van der Waals surface area contributed by atoms with E-state index in [0.29, 0.717) is 0 Å². The minimum absolute atomic E-state index is 0.239. The van der Waals surface area contributed by atoms with Gasteiger partial charge in [-0.1, -0.05) is 0 Å². The number of carboxylic acids is 1. The lowest BCUT2D eigenvalue weighted by molar-refractivity contribution is -0.142. The fourth-order valence-corrected chi connectivity index (χ4v) is 1.73. The molecule has 0 spiro atoms. The zero-order valence-corrected chi connectivity index (χ0v) is 8.60. The van der Waals surface area contributed by atoms with E-state index >= 15 is 0 Å². The Hall–Kier alpha value is -1.58. The average molecular weight is 206 g/mol. The van der Waals surface area contributed by atoms with Crippen LogP contribution in [-0.2, 0) is 4.79 Å². The minimum atomic E-state index is -0.846. The predicted molar refractivity (Wildman–Crippen MR) is 56.6 cm³/mol. The van der Waals surface area contributed by atoms with Gasteiger partial charge in [0.25, 0.3) is 0 Å². The van der Waals surface area contributed by atoms with E-state index in [1.807, 2.05) is 0 Å². The number of rotatable bonds is 4. The molecule has 1 aromatic heterocycles. The summed E-state index contributed by atoms with van der Waals surface area (Å²) in [6.07, 6.45) is 5.27. The Morgan fingerprint density at radius 2 is 2.13 bits per heavy atom. The Kier molecular flexibility index (Phi) is 2.34. The van der Waals surface area contributed by atoms with E-state index in [-0.39, 0.29) is 5.92 Å². The number of aliphatic carboxylic acids is 1. The summed E-state index contributed by atoms with van der Waals surface area (Å²) < 4.78 is 0. The van der Waals surface area contributed by atoms with E-state index < -0.39 is 11.5 Å². The Morgan fingerprint density at radius 1 is 1.53 bits per heavy atom. The highest BCUT2D eigenvalue weighted by Crippen LogP contribution is 2.41. The largest absolute Gasteiger partial charge is 0.480 e. The van der Waals surface area contributed by atoms with Crippen molar-refractivity contribution < 1.29 is 9.90 Å². The van der Waals surface area contributed by atoms with Crippen LogP contribution in [0.2, 0.25) is 0 Å². The Bertz CT molecular complexity index is 362. The van der Waals surface area contributed by atoms with Gasteiger partial charge in [-0.3, -0.25) is 4.98 Å². The van der Waals surface area contributed by atoms with Crippen molar-refractivity contribution in [2.24, 2.45) is 5.92 Å². The zero-order valence-electron chi connectivity index (χ0n) is 8.60. The van der Waals surface area contributed by atoms with Gasteiger partial charge in [-0.25, -0.2) is 4.79 Å². The van der Waals surface area contributed by atoms with Crippen LogP contribution in [0.4, 0.5) is 5.69 Å². The number of nitrogens with zero attached hydrogens (tertiary/aromatic N) is 1. The van der Waals surface area contributed by atoms with Crippen LogP contribution >= 0.6 is 0 Å². The van der Waals surface area contributed by atoms with Crippen molar-refractivity contribution in [3.05, 3.63) is 24.5 Å². The number of anilines is 1. The molecule has 1 heterocycles. The molecular weight excluding hydrogens is 192 g/mol. The quantitative estimate of drug-likeness (QED) is 0.787. The number of carbonyl (C=O) groups is 1. The van der Waals surface area contributed by atoms with E-state index in [4.69, 9.17) is 0 Å². The molecule has 4 heteroatoms. The molecule has 0 saturated heterocycles. The molecule has 80 valence electrons. The van der Waals surface area contributed by atoms with Crippen LogP contribution in [-0.4, -0.2) is 21.6 Å². The van der Waals surface area contributed by atoms with Crippen LogP contribution in [0.15, 0.2) is 24.5 Å². The molecule has 1 aliphatic carbocycles. The van der Waals surface area contributed by atoms with Gasteiger partial charge >= 0.3 is 5.97 Å². The first-order valence-electron chi connectivity index (χ1n) is 5.04. The fourth-order valence-electron chi connectivity index (χ4n) is 1.73. The summed E-state index contributed by atoms with van der Waals surface area (Å²) in [4.78, 5) is 15.1. The molecule has 2 N–H and O–H groups in total. The number of pyridine rings is 1. The van der Waals surface area contributed by atoms with Crippen molar-refractivity contribution in [1.29, 1.82) is 0 Å². The molecule has 1 aliphatic rings. The van der Waals surface area contributed by atoms with Crippen molar-refractivity contribution in [1.82, 2.24) is 4.98 Å². The third-order valence-corrected chi connectivity index (χ3v) is 2.92. The van der Waals surface area contributed by atoms with E-state index in [1.54, 1.807) is 31.5 Å². The summed E-state index contributed by atoms with van der Waals surface area (Å²) in [5.74, 6) is -0.551. The van der Waals surface area contributed by atoms with Crippen molar-refractivity contribution in [3.63, 3.8) is 0 Å². The molecule has 1 aromatic rings. The fraction of sp³-hybridized carbons (Fsp3) is 0.455. The number of hydrogen-bond acceptors (Lipinski definition) is 3. The van der Waals surface area contributed by atoms with E-state index in [0.717, 1.165) is 18.5 Å². The highest BCUT2D eigenvalue weighted by atomic mass is 16.4. The second-order valence-corrected chi connectivity index (χ2v) is 4.14. The second-order valence-electron chi connectivity index (χ2n) is 4.14. The molecule has 0 aliphatic heterocycles. The molecule has 0 aromatic carbocycles. The highest BCUT2D eigenvalue weighted by molar-refractivity contribution is 5.83. The standard InChI is InChI=1S/C11H14N2O2/c1-11(10(14)15,8-2-3-8)13-9-4-6-12-7-5-9/h4-8H,2-3H2,1H3,(H,12,13)(H,14,15). The molecule has 1 saturated carbocycles. The van der Waals surface area contributed by atoms with Crippen molar-refractivity contribution in [2.45, 2.75) is 25.3 Å². The van der Waals surface area contributed by atoms with Crippen LogP contribution in [0.25, 0.3) is 0 Å². The molecule has 0 bridgehead atoms. The lowest BCUT2D eigenvalue weighted by Gasteiger charge is -2.27. The lowest BCUT2D eigenvalue weighted by atomic mass is 9.95. The first kappa shape index (κ1) is 9.96. The lowest BCUT2D eigenvalue weighted by Crippen LogP contribution is -2.45. The predicted octanol–water partition coefficient (Wildman–Crippen LogP) is 1.75. The monoisotopic (exact) mass is 206 g/mol. The molecule has 1 atom stereocenters. The van der Waals surface area contributed by atoms with Crippen molar-refractivity contribution >= 4 is 11.7 Å². The number of hydrogen-bond donors (Lipinski definition) is 2. The summed E-state index contributed by atoms with van der Waals surface area (Å²) in [7, 11) is 0.